The number of aliphatic hydroxyl groups is 2. The molecule has 3 aliphatic heterocycles. The fourth-order valence-corrected chi connectivity index (χ4v) is 12.1. The van der Waals surface area contributed by atoms with Gasteiger partial charge in [0.25, 0.3) is 0 Å². The Hall–Kier alpha value is -5.48. The number of esters is 1. The Kier molecular flexibility index (Phi) is 21.3. The molecule has 2 aromatic rings. The summed E-state index contributed by atoms with van der Waals surface area (Å²) in [5.74, 6) is -4.41. The largest absolute Gasteiger partial charge is 0.507 e. The Morgan fingerprint density at radius 1 is 0.833 bits per heavy atom. The van der Waals surface area contributed by atoms with E-state index >= 15 is 0 Å². The number of urea groups is 1. The number of carbonyl (C=O) groups excluding carboxylic acids is 7. The van der Waals surface area contributed by atoms with Gasteiger partial charge in [-0.3, -0.25) is 28.8 Å². The van der Waals surface area contributed by atoms with Crippen molar-refractivity contribution in [1.82, 2.24) is 21.3 Å². The number of aromatic hydroxyl groups is 2. The van der Waals surface area contributed by atoms with Gasteiger partial charge in [-0.05, 0) is 39.2 Å². The Morgan fingerprint density at radius 3 is 2.10 bits per heavy atom. The van der Waals surface area contributed by atoms with Gasteiger partial charge in [-0.1, -0.05) is 18.6 Å². The number of Topliss-reactive ketones (excluding diaryl/α,β-unsaturated/α-hetero) is 1. The van der Waals surface area contributed by atoms with Gasteiger partial charge in [0.15, 0.2) is 18.7 Å². The van der Waals surface area contributed by atoms with Gasteiger partial charge >= 0.3 is 12.0 Å². The number of ketones is 3. The first kappa shape index (κ1) is 60.2. The molecule has 25 heteroatoms. The average Bonchev–Trinajstić information content (AvgIpc) is 4.10. The van der Waals surface area contributed by atoms with Gasteiger partial charge in [-0.2, -0.15) is 11.8 Å². The summed E-state index contributed by atoms with van der Waals surface area (Å²) in [5, 5.41) is 58.3. The number of aliphatic hydroxyl groups excluding tert-OH is 1. The molecule has 0 saturated carbocycles. The van der Waals surface area contributed by atoms with Crippen molar-refractivity contribution in [1.29, 1.82) is 0 Å². The fourth-order valence-electron chi connectivity index (χ4n) is 10.6. The Balaban J connectivity index is 0.752. The quantitative estimate of drug-likeness (QED) is 0.0194. The van der Waals surface area contributed by atoms with E-state index in [4.69, 9.17) is 43.6 Å². The second-order valence-electron chi connectivity index (χ2n) is 20.2. The molecule has 0 unspecified atom stereocenters. The summed E-state index contributed by atoms with van der Waals surface area (Å²) in [4.78, 5) is 90.9. The van der Waals surface area contributed by atoms with Crippen LogP contribution < -0.4 is 31.7 Å². The van der Waals surface area contributed by atoms with Gasteiger partial charge in [0, 0.05) is 85.3 Å². The molecule has 0 aromatic heterocycles. The number of methoxy groups -OCH3 is 1. The van der Waals surface area contributed by atoms with Gasteiger partial charge in [0.05, 0.1) is 101 Å². The van der Waals surface area contributed by atoms with Crippen LogP contribution in [-0.4, -0.2) is 194 Å². The number of phenolic OH excluding ortho intramolecular Hbond substituents is 2. The molecule has 3 saturated heterocycles. The highest BCUT2D eigenvalue weighted by Gasteiger charge is 2.55. The van der Waals surface area contributed by atoms with Crippen molar-refractivity contribution >= 4 is 52.9 Å². The van der Waals surface area contributed by atoms with E-state index in [2.05, 4.69) is 21.3 Å². The molecule has 2 aliphatic carbocycles. The first-order valence-electron chi connectivity index (χ1n) is 26.4. The number of hydrogen-bond donors (Lipinski definition) is 9. The molecule has 4 amide bonds. The zero-order valence-electron chi connectivity index (χ0n) is 44.2. The van der Waals surface area contributed by atoms with Crippen LogP contribution in [0, 0.1) is 0 Å². The molecule has 10 N–H and O–H groups in total. The maximum Gasteiger partial charge on any atom is 0.315 e. The first-order valence-corrected chi connectivity index (χ1v) is 27.5. The van der Waals surface area contributed by atoms with E-state index in [1.807, 2.05) is 11.8 Å². The Labute approximate surface area is 455 Å². The lowest BCUT2D eigenvalue weighted by atomic mass is 9.67. The van der Waals surface area contributed by atoms with Crippen LogP contribution in [0.2, 0.25) is 0 Å². The van der Waals surface area contributed by atoms with Gasteiger partial charge in [0.2, 0.25) is 23.4 Å². The third-order valence-corrected chi connectivity index (χ3v) is 16.0. The van der Waals surface area contributed by atoms with E-state index in [9.17, 15) is 54.0 Å². The highest BCUT2D eigenvalue weighted by Crippen LogP contribution is 2.55. The van der Waals surface area contributed by atoms with Gasteiger partial charge in [-0.15, -0.1) is 0 Å². The summed E-state index contributed by atoms with van der Waals surface area (Å²) in [6.45, 7) is 5.28. The normalized spacial score (nSPS) is 26.0. The molecule has 9 atom stereocenters. The van der Waals surface area contributed by atoms with E-state index in [0.29, 0.717) is 57.9 Å². The van der Waals surface area contributed by atoms with Crippen molar-refractivity contribution in [3.8, 4) is 17.2 Å². The average molecular weight is 1120 g/mol. The molecule has 0 bridgehead atoms. The number of nitrogens with one attached hydrogen (secondary N) is 4. The van der Waals surface area contributed by atoms with Crippen molar-refractivity contribution in [2.24, 2.45) is 5.73 Å². The monoisotopic (exact) mass is 1120 g/mol. The maximum atomic E-state index is 14.1. The van der Waals surface area contributed by atoms with Crippen LogP contribution in [0.3, 0.4) is 0 Å². The molecule has 78 heavy (non-hydrogen) atoms. The number of phenols is 2. The number of rotatable bonds is 30. The molecule has 2 aromatic carbocycles. The molecule has 0 spiro atoms. The number of unbranched alkanes of at least 4 members (excludes halogenated alkanes) is 1. The summed E-state index contributed by atoms with van der Waals surface area (Å²) in [5.41, 5.74) is -0.0334. The molecule has 5 aliphatic rings. The number of nitrogens with two attached hydrogens (primary N) is 1. The second kappa shape index (κ2) is 27.6. The first-order chi connectivity index (χ1) is 37.3. The van der Waals surface area contributed by atoms with Crippen LogP contribution in [0.15, 0.2) is 18.2 Å². The summed E-state index contributed by atoms with van der Waals surface area (Å²) in [6, 6.07) is 3.77. The molecule has 3 fully saturated rings. The van der Waals surface area contributed by atoms with E-state index in [0.717, 1.165) is 25.0 Å². The van der Waals surface area contributed by atoms with Crippen LogP contribution in [0.1, 0.15) is 115 Å². The SMILES string of the molecule is COc1cccc2c1C(=O)c1c(O)c3c(c(O)c1C2=O)C[C@@](O)(C(=O)COC(=O)CCCC(=O)NCCOCCOCCOCCOCCNC(=O)CCCC[C@H]1SC[C@H]2NC(=O)N[C@H]21)C[C@]3(C)O[C@H]1C[C@H](N)[C@H](O)[C@H](C)O1. The van der Waals surface area contributed by atoms with Crippen LogP contribution in [0.5, 0.6) is 17.2 Å². The zero-order chi connectivity index (χ0) is 56.1. The second-order valence-corrected chi connectivity index (χ2v) is 21.5. The van der Waals surface area contributed by atoms with E-state index in [1.165, 1.54) is 32.2 Å². The third kappa shape index (κ3) is 14.7. The Bertz CT molecular complexity index is 2510. The summed E-state index contributed by atoms with van der Waals surface area (Å²) < 4.78 is 44.9. The lowest BCUT2D eigenvalue weighted by Crippen LogP contribution is -2.56. The number of amides is 4. The third-order valence-electron chi connectivity index (χ3n) is 14.5. The number of carbonyl (C=O) groups is 7. The predicted molar refractivity (Wildman–Crippen MR) is 277 cm³/mol. The Morgan fingerprint density at radius 2 is 1.46 bits per heavy atom. The fraction of sp³-hybridized carbons (Fsp3) is 0.642. The molecule has 24 nitrogen and oxygen atoms in total. The molecular formula is C53H73N5O19S. The van der Waals surface area contributed by atoms with Gasteiger partial charge < -0.3 is 85.3 Å². The number of hydrogen-bond acceptors (Lipinski definition) is 21. The van der Waals surface area contributed by atoms with Crippen molar-refractivity contribution in [2.75, 3.05) is 85.4 Å². The topological polar surface area (TPSA) is 348 Å². The van der Waals surface area contributed by atoms with E-state index in [1.54, 1.807) is 6.92 Å². The minimum atomic E-state index is -2.45. The molecule has 3 heterocycles. The number of benzene rings is 2. The van der Waals surface area contributed by atoms with E-state index in [-0.39, 0.29) is 103 Å². The maximum absolute atomic E-state index is 14.1. The van der Waals surface area contributed by atoms with Gasteiger partial charge in [-0.25, -0.2) is 4.79 Å². The summed E-state index contributed by atoms with van der Waals surface area (Å²) >= 11 is 1.87. The van der Waals surface area contributed by atoms with Gasteiger partial charge in [0.1, 0.15) is 28.5 Å². The minimum absolute atomic E-state index is 0.00928. The summed E-state index contributed by atoms with van der Waals surface area (Å²) in [7, 11) is 1.31. The smallest absolute Gasteiger partial charge is 0.315 e. The van der Waals surface area contributed by atoms with Crippen LogP contribution >= 0.6 is 11.8 Å². The highest BCUT2D eigenvalue weighted by atomic mass is 32.2. The predicted octanol–water partition coefficient (Wildman–Crippen LogP) is 0.921. The lowest BCUT2D eigenvalue weighted by molar-refractivity contribution is -0.273. The van der Waals surface area contributed by atoms with Crippen LogP contribution in [-0.2, 0) is 64.4 Å². The van der Waals surface area contributed by atoms with Crippen molar-refractivity contribution in [3.63, 3.8) is 0 Å². The van der Waals surface area contributed by atoms with E-state index < -0.39 is 101 Å². The van der Waals surface area contributed by atoms with Crippen molar-refractivity contribution < 1.29 is 91.9 Å². The highest BCUT2D eigenvalue weighted by molar-refractivity contribution is 8.00. The zero-order valence-corrected chi connectivity index (χ0v) is 45.0. The van der Waals surface area contributed by atoms with Crippen LogP contribution in [0.25, 0.3) is 0 Å². The number of fused-ring (bicyclic) bond motifs is 4. The molecular weight excluding hydrogens is 1040 g/mol. The van der Waals surface area contributed by atoms with Crippen molar-refractivity contribution in [3.05, 3.63) is 51.6 Å². The number of thioether (sulfide) groups is 1. The number of ether oxygens (including phenoxy) is 8. The molecule has 0 radical (unpaired) electrons. The van der Waals surface area contributed by atoms with Crippen molar-refractivity contribution in [2.45, 2.75) is 131 Å². The molecule has 430 valence electrons. The lowest BCUT2D eigenvalue weighted by Gasteiger charge is -2.47. The minimum Gasteiger partial charge on any atom is -0.507 e. The standard InChI is InChI=1S/C53H73N5O19S/c1-29-46(63)32(54)24-40(76-29)77-52(2)28-53(69,25-31-44(52)50(67)43-42(48(31)65)47(64)30-8-6-9-34(70-3)41(30)49(43)66)36(59)26-75-39(62)13-7-12-38(61)56-15-17-72-19-21-74-23-22-73-20-18-71-16-14-55-37(60)11-5-4-10-35-45-33(27-78-35)57-51(68)58-45/h6,8-9,29,32-33,35,40,45-46,63,65,67,69H,4-5,7,10-28,54H2,1-3H3,(H,55,60)(H,56,61)(H2,57,58,68)/t29-,32-,33+,35+,40-,45+,46+,52-,53-/m0/s1. The molecule has 7 rings (SSSR count). The van der Waals surface area contributed by atoms with Crippen LogP contribution in [0.4, 0.5) is 4.79 Å². The summed E-state index contributed by atoms with van der Waals surface area (Å²) in [6.07, 6.45) is -1.53.